The van der Waals surface area contributed by atoms with Crippen molar-refractivity contribution in [2.45, 2.75) is 49.9 Å². The Morgan fingerprint density at radius 1 is 1.17 bits per heavy atom. The maximum Gasteiger partial charge on any atom is 0.418 e. The molecule has 1 saturated carbocycles. The zero-order chi connectivity index (χ0) is 18.3. The quantitative estimate of drug-likeness (QED) is 0.588. The lowest BCUT2D eigenvalue weighted by Gasteiger charge is -2.40. The molecule has 11 heteroatoms. The molecule has 1 fully saturated rings. The second kappa shape index (κ2) is 6.04. The van der Waals surface area contributed by atoms with Crippen LogP contribution in [0, 0.1) is 26.1 Å². The summed E-state index contributed by atoms with van der Waals surface area (Å²) < 4.78 is 39.3. The summed E-state index contributed by atoms with van der Waals surface area (Å²) in [6, 6.07) is -2.19. The predicted molar refractivity (Wildman–Crippen MR) is 76.6 cm³/mol. The number of nitrogens with two attached hydrogens (primary N) is 2. The summed E-state index contributed by atoms with van der Waals surface area (Å²) in [6.45, 7) is 0. The highest BCUT2D eigenvalue weighted by Crippen LogP contribution is 2.45. The van der Waals surface area contributed by atoms with Crippen LogP contribution in [0.15, 0.2) is 23.0 Å². The Bertz CT molecular complexity index is 625. The van der Waals surface area contributed by atoms with Crippen molar-refractivity contribution in [3.8, 4) is 0 Å². The first-order chi connectivity index (χ1) is 11.0. The van der Waals surface area contributed by atoms with Crippen LogP contribution in [-0.2, 0) is 0 Å². The van der Waals surface area contributed by atoms with Crippen LogP contribution in [-0.4, -0.2) is 27.6 Å². The molecule has 0 spiro atoms. The Balaban J connectivity index is 2.68. The molecule has 0 aromatic rings. The molecule has 0 bridgehead atoms. The summed E-state index contributed by atoms with van der Waals surface area (Å²) in [7, 11) is 0. The minimum Gasteiger partial charge on any atom is -0.396 e. The van der Waals surface area contributed by atoms with Crippen molar-refractivity contribution in [3.05, 3.63) is 43.3 Å². The number of halogens is 3. The van der Waals surface area contributed by atoms with Crippen LogP contribution in [0.4, 0.5) is 13.2 Å². The van der Waals surface area contributed by atoms with Gasteiger partial charge >= 0.3 is 6.18 Å². The van der Waals surface area contributed by atoms with E-state index in [9.17, 15) is 33.4 Å². The fourth-order valence-corrected chi connectivity index (χ4v) is 3.65. The SMILES string of the molecule is NC1=C(C(F)(F)F)C=C([N+](=O)[O-])C(N)(C2CCCCC2)C1[N+](=O)[O-]. The highest BCUT2D eigenvalue weighted by atomic mass is 19.4. The molecule has 2 atom stereocenters. The molecule has 2 aliphatic carbocycles. The van der Waals surface area contributed by atoms with Gasteiger partial charge in [-0.25, -0.2) is 0 Å². The third kappa shape index (κ3) is 2.83. The van der Waals surface area contributed by atoms with Crippen LogP contribution >= 0.6 is 0 Å². The first-order valence-corrected chi connectivity index (χ1v) is 7.37. The van der Waals surface area contributed by atoms with E-state index in [-0.39, 0.29) is 6.08 Å². The van der Waals surface area contributed by atoms with Gasteiger partial charge in [0, 0.05) is 11.0 Å². The molecule has 2 rings (SSSR count). The van der Waals surface area contributed by atoms with Crippen molar-refractivity contribution in [1.29, 1.82) is 0 Å². The fourth-order valence-electron chi connectivity index (χ4n) is 3.65. The fraction of sp³-hybridized carbons (Fsp3) is 0.692. The van der Waals surface area contributed by atoms with E-state index >= 15 is 0 Å². The number of allylic oxidation sites excluding steroid dienone is 2. The Kier molecular flexibility index (Phi) is 4.57. The van der Waals surface area contributed by atoms with Crippen LogP contribution in [0.2, 0.25) is 0 Å². The van der Waals surface area contributed by atoms with Gasteiger partial charge in [-0.15, -0.1) is 0 Å². The van der Waals surface area contributed by atoms with E-state index in [0.29, 0.717) is 25.7 Å². The van der Waals surface area contributed by atoms with Gasteiger partial charge in [0.2, 0.25) is 0 Å². The topological polar surface area (TPSA) is 138 Å². The van der Waals surface area contributed by atoms with E-state index in [1.807, 2.05) is 0 Å². The summed E-state index contributed by atoms with van der Waals surface area (Å²) in [5.41, 5.74) is 5.68. The molecule has 0 heterocycles. The van der Waals surface area contributed by atoms with Gasteiger partial charge in [0.15, 0.2) is 5.54 Å². The lowest BCUT2D eigenvalue weighted by Crippen LogP contribution is -2.65. The van der Waals surface area contributed by atoms with Gasteiger partial charge < -0.3 is 11.5 Å². The normalized spacial score (nSPS) is 29.3. The van der Waals surface area contributed by atoms with Crippen LogP contribution < -0.4 is 11.5 Å². The average Bonchev–Trinajstić information content (AvgIpc) is 2.46. The number of rotatable bonds is 3. The van der Waals surface area contributed by atoms with Crippen LogP contribution in [0.25, 0.3) is 0 Å². The zero-order valence-corrected chi connectivity index (χ0v) is 12.6. The molecule has 2 aliphatic rings. The minimum absolute atomic E-state index is 0.254. The first kappa shape index (κ1) is 18.2. The molecule has 0 amide bonds. The van der Waals surface area contributed by atoms with Crippen LogP contribution in [0.1, 0.15) is 32.1 Å². The lowest BCUT2D eigenvalue weighted by molar-refractivity contribution is -0.537. The van der Waals surface area contributed by atoms with Crippen molar-refractivity contribution in [2.75, 3.05) is 0 Å². The maximum atomic E-state index is 13.1. The predicted octanol–water partition coefficient (Wildman–Crippen LogP) is 1.86. The second-order valence-electron chi connectivity index (χ2n) is 6.11. The third-order valence-electron chi connectivity index (χ3n) is 4.78. The Morgan fingerprint density at radius 2 is 1.71 bits per heavy atom. The summed E-state index contributed by atoms with van der Waals surface area (Å²) >= 11 is 0. The molecular formula is C13H17F3N4O4. The Labute approximate surface area is 134 Å². The number of nitro groups is 2. The van der Waals surface area contributed by atoms with E-state index in [2.05, 4.69) is 0 Å². The average molecular weight is 350 g/mol. The van der Waals surface area contributed by atoms with Gasteiger partial charge in [-0.1, -0.05) is 19.3 Å². The van der Waals surface area contributed by atoms with E-state index in [0.717, 1.165) is 6.42 Å². The molecule has 0 radical (unpaired) electrons. The van der Waals surface area contributed by atoms with Crippen LogP contribution in [0.5, 0.6) is 0 Å². The molecule has 0 aromatic heterocycles. The van der Waals surface area contributed by atoms with E-state index < -0.39 is 50.5 Å². The summed E-state index contributed by atoms with van der Waals surface area (Å²) in [6.07, 6.45) is -1.94. The minimum atomic E-state index is -5.05. The van der Waals surface area contributed by atoms with E-state index in [1.54, 1.807) is 0 Å². The van der Waals surface area contributed by atoms with Gasteiger partial charge in [-0.05, 0) is 18.8 Å². The second-order valence-corrected chi connectivity index (χ2v) is 6.11. The number of hydrogen-bond acceptors (Lipinski definition) is 6. The van der Waals surface area contributed by atoms with Gasteiger partial charge in [-0.3, -0.25) is 20.2 Å². The summed E-state index contributed by atoms with van der Waals surface area (Å²) in [5, 5.41) is 22.8. The Hall–Kier alpha value is -2.17. The van der Waals surface area contributed by atoms with Gasteiger partial charge in [-0.2, -0.15) is 13.2 Å². The van der Waals surface area contributed by atoms with Crippen molar-refractivity contribution >= 4 is 0 Å². The molecule has 0 saturated heterocycles. The van der Waals surface area contributed by atoms with Crippen molar-refractivity contribution in [1.82, 2.24) is 0 Å². The smallest absolute Gasteiger partial charge is 0.396 e. The maximum absolute atomic E-state index is 13.1. The van der Waals surface area contributed by atoms with Crippen molar-refractivity contribution < 1.29 is 23.0 Å². The highest BCUT2D eigenvalue weighted by molar-refractivity contribution is 5.43. The monoisotopic (exact) mass is 350 g/mol. The van der Waals surface area contributed by atoms with Gasteiger partial charge in [0.05, 0.1) is 16.2 Å². The van der Waals surface area contributed by atoms with Crippen molar-refractivity contribution in [3.63, 3.8) is 0 Å². The van der Waals surface area contributed by atoms with E-state index in [1.165, 1.54) is 0 Å². The summed E-state index contributed by atoms with van der Waals surface area (Å²) in [4.78, 5) is 20.7. The molecule has 0 aromatic carbocycles. The van der Waals surface area contributed by atoms with Crippen molar-refractivity contribution in [2.24, 2.45) is 17.4 Å². The van der Waals surface area contributed by atoms with E-state index in [4.69, 9.17) is 11.5 Å². The molecule has 0 aliphatic heterocycles. The lowest BCUT2D eigenvalue weighted by atomic mass is 9.66. The van der Waals surface area contributed by atoms with Gasteiger partial charge in [0.25, 0.3) is 11.7 Å². The molecule has 8 nitrogen and oxygen atoms in total. The number of hydrogen-bond donors (Lipinski definition) is 2. The molecule has 4 N–H and O–H groups in total. The standard InChI is InChI=1S/C13H17F3N4O4/c14-13(15,16)8-6-9(19(21)22)12(18,7-4-2-1-3-5-7)11(10(8)17)20(23)24/h6-7,11H,1-5,17-18H2. The molecule has 134 valence electrons. The third-order valence-corrected chi connectivity index (χ3v) is 4.78. The Morgan fingerprint density at radius 3 is 2.12 bits per heavy atom. The van der Waals surface area contributed by atoms with Crippen LogP contribution in [0.3, 0.4) is 0 Å². The summed E-state index contributed by atoms with van der Waals surface area (Å²) in [5.74, 6) is -0.688. The largest absolute Gasteiger partial charge is 0.418 e. The van der Waals surface area contributed by atoms with Gasteiger partial charge in [0.1, 0.15) is 0 Å². The number of nitrogens with zero attached hydrogens (tertiary/aromatic N) is 2. The highest BCUT2D eigenvalue weighted by Gasteiger charge is 2.63. The molecular weight excluding hydrogens is 333 g/mol. The molecule has 24 heavy (non-hydrogen) atoms. The number of alkyl halides is 3. The molecule has 2 unspecified atom stereocenters. The first-order valence-electron chi connectivity index (χ1n) is 7.37. The zero-order valence-electron chi connectivity index (χ0n) is 12.6.